The Balaban J connectivity index is 4.69. The molecule has 30 heavy (non-hydrogen) atoms. The number of guanidine groups is 1. The van der Waals surface area contributed by atoms with E-state index in [0.717, 1.165) is 0 Å². The number of hydrogen-bond donors (Lipinski definition) is 7. The Morgan fingerprint density at radius 1 is 0.933 bits per heavy atom. The second-order valence-electron chi connectivity index (χ2n) is 7.63. The number of carboxylic acid groups (broad SMARTS) is 1. The molecule has 172 valence electrons. The van der Waals surface area contributed by atoms with Gasteiger partial charge in [-0.1, -0.05) is 27.7 Å². The molecule has 0 aromatic carbocycles. The number of amides is 3. The largest absolute Gasteiger partial charge is 0.480 e. The Labute approximate surface area is 176 Å². The van der Waals surface area contributed by atoms with E-state index in [1.54, 1.807) is 27.7 Å². The molecule has 0 aromatic heterocycles. The molecule has 12 heteroatoms. The molecule has 0 saturated carbocycles. The molecule has 0 aliphatic rings. The molecule has 3 amide bonds. The Bertz CT molecular complexity index is 632. The predicted octanol–water partition coefficient (Wildman–Crippen LogP) is -2.15. The minimum absolute atomic E-state index is 0.0447. The van der Waals surface area contributed by atoms with Crippen LogP contribution >= 0.6 is 0 Å². The van der Waals surface area contributed by atoms with Crippen molar-refractivity contribution in [1.82, 2.24) is 16.0 Å². The van der Waals surface area contributed by atoms with Crippen molar-refractivity contribution < 1.29 is 24.3 Å². The monoisotopic (exact) mass is 429 g/mol. The average molecular weight is 430 g/mol. The van der Waals surface area contributed by atoms with E-state index in [4.69, 9.17) is 22.3 Å². The van der Waals surface area contributed by atoms with Crippen LogP contribution in [-0.2, 0) is 19.2 Å². The molecule has 0 saturated heterocycles. The molecule has 0 bridgehead atoms. The van der Waals surface area contributed by atoms with Crippen molar-refractivity contribution in [3.05, 3.63) is 0 Å². The lowest BCUT2D eigenvalue weighted by Crippen LogP contribution is -2.55. The Hall–Kier alpha value is -2.89. The maximum Gasteiger partial charge on any atom is 0.326 e. The van der Waals surface area contributed by atoms with Gasteiger partial charge in [-0.3, -0.25) is 19.4 Å². The van der Waals surface area contributed by atoms with Gasteiger partial charge in [0.1, 0.15) is 12.1 Å². The molecule has 3 unspecified atom stereocenters. The van der Waals surface area contributed by atoms with Crippen LogP contribution in [0.1, 0.15) is 40.5 Å². The third-order valence-electron chi connectivity index (χ3n) is 4.22. The number of rotatable bonds is 13. The molecule has 0 aliphatic carbocycles. The van der Waals surface area contributed by atoms with Gasteiger partial charge in [0.15, 0.2) is 5.96 Å². The van der Waals surface area contributed by atoms with Crippen LogP contribution in [0, 0.1) is 11.8 Å². The Morgan fingerprint density at radius 2 is 1.50 bits per heavy atom. The van der Waals surface area contributed by atoms with Gasteiger partial charge in [0.05, 0.1) is 12.6 Å². The molecular weight excluding hydrogens is 394 g/mol. The van der Waals surface area contributed by atoms with Crippen LogP contribution < -0.4 is 33.2 Å². The van der Waals surface area contributed by atoms with Crippen molar-refractivity contribution in [1.29, 1.82) is 0 Å². The second-order valence-corrected chi connectivity index (χ2v) is 7.63. The smallest absolute Gasteiger partial charge is 0.326 e. The summed E-state index contributed by atoms with van der Waals surface area (Å²) in [5, 5.41) is 16.4. The lowest BCUT2D eigenvalue weighted by molar-refractivity contribution is -0.143. The minimum Gasteiger partial charge on any atom is -0.480 e. The average Bonchev–Trinajstić information content (AvgIpc) is 2.64. The molecule has 0 radical (unpaired) electrons. The number of nitrogens with two attached hydrogens (primary N) is 3. The highest BCUT2D eigenvalue weighted by Gasteiger charge is 2.28. The van der Waals surface area contributed by atoms with Crippen LogP contribution in [-0.4, -0.2) is 66.0 Å². The highest BCUT2D eigenvalue weighted by atomic mass is 16.4. The van der Waals surface area contributed by atoms with Crippen LogP contribution in [0.5, 0.6) is 0 Å². The first-order valence-corrected chi connectivity index (χ1v) is 9.78. The maximum absolute atomic E-state index is 12.4. The van der Waals surface area contributed by atoms with Gasteiger partial charge in [0.25, 0.3) is 0 Å². The van der Waals surface area contributed by atoms with Gasteiger partial charge in [-0.25, -0.2) is 4.79 Å². The minimum atomic E-state index is -1.16. The number of carbonyl (C=O) groups excluding carboxylic acids is 3. The van der Waals surface area contributed by atoms with Crippen molar-refractivity contribution in [2.24, 2.45) is 34.0 Å². The first-order valence-electron chi connectivity index (χ1n) is 9.78. The number of hydrogen-bond acceptors (Lipinski definition) is 6. The van der Waals surface area contributed by atoms with E-state index in [0.29, 0.717) is 19.4 Å². The molecular formula is C18H35N7O5. The summed E-state index contributed by atoms with van der Waals surface area (Å²) in [6, 6.07) is -2.82. The molecule has 3 atom stereocenters. The fourth-order valence-electron chi connectivity index (χ4n) is 2.46. The number of carbonyl (C=O) groups is 4. The first-order chi connectivity index (χ1) is 13.9. The van der Waals surface area contributed by atoms with Gasteiger partial charge in [0.2, 0.25) is 17.7 Å². The van der Waals surface area contributed by atoms with Gasteiger partial charge >= 0.3 is 5.97 Å². The quantitative estimate of drug-likeness (QED) is 0.0970. The van der Waals surface area contributed by atoms with E-state index in [-0.39, 0.29) is 17.8 Å². The fourth-order valence-corrected chi connectivity index (χ4v) is 2.46. The van der Waals surface area contributed by atoms with E-state index in [1.807, 2.05) is 0 Å². The van der Waals surface area contributed by atoms with Gasteiger partial charge in [-0.2, -0.15) is 0 Å². The van der Waals surface area contributed by atoms with Crippen LogP contribution in [0.3, 0.4) is 0 Å². The van der Waals surface area contributed by atoms with Crippen LogP contribution in [0.4, 0.5) is 0 Å². The van der Waals surface area contributed by atoms with Crippen molar-refractivity contribution in [3.8, 4) is 0 Å². The second kappa shape index (κ2) is 13.4. The summed E-state index contributed by atoms with van der Waals surface area (Å²) in [5.41, 5.74) is 16.3. The summed E-state index contributed by atoms with van der Waals surface area (Å²) in [6.45, 7) is 6.69. The molecule has 10 N–H and O–H groups in total. The number of nitrogens with one attached hydrogen (secondary N) is 3. The standard InChI is InChI=1S/C18H35N7O5/c1-9(2)13(25-15(27)11(19)6-5-7-22-18(20)21)16(28)23-8-12(26)24-14(10(3)4)17(29)30/h9-11,13-14H,5-8,19H2,1-4H3,(H,23,28)(H,24,26)(H,25,27)(H,29,30)(H4,20,21,22). The Morgan fingerprint density at radius 3 is 1.97 bits per heavy atom. The molecule has 0 aliphatic heterocycles. The number of aliphatic imine (C=N–C) groups is 1. The zero-order valence-corrected chi connectivity index (χ0v) is 18.0. The van der Waals surface area contributed by atoms with Crippen LogP contribution in [0.25, 0.3) is 0 Å². The highest BCUT2D eigenvalue weighted by molar-refractivity contribution is 5.92. The third kappa shape index (κ3) is 10.6. The van der Waals surface area contributed by atoms with Gasteiger partial charge in [0, 0.05) is 6.54 Å². The van der Waals surface area contributed by atoms with Crippen molar-refractivity contribution >= 4 is 29.7 Å². The fraction of sp³-hybridized carbons (Fsp3) is 0.722. The summed E-state index contributed by atoms with van der Waals surface area (Å²) in [5.74, 6) is -3.52. The first kappa shape index (κ1) is 27.1. The zero-order valence-electron chi connectivity index (χ0n) is 18.0. The van der Waals surface area contributed by atoms with Crippen molar-refractivity contribution in [2.45, 2.75) is 58.7 Å². The summed E-state index contributed by atoms with van der Waals surface area (Å²) in [4.78, 5) is 51.6. The van der Waals surface area contributed by atoms with E-state index in [1.165, 1.54) is 0 Å². The zero-order chi connectivity index (χ0) is 23.4. The van der Waals surface area contributed by atoms with Gasteiger partial charge < -0.3 is 38.3 Å². The topological polar surface area (TPSA) is 215 Å². The summed E-state index contributed by atoms with van der Waals surface area (Å²) in [6.07, 6.45) is 0.815. The number of carboxylic acids is 1. The van der Waals surface area contributed by atoms with Crippen molar-refractivity contribution in [3.63, 3.8) is 0 Å². The Kier molecular flexibility index (Phi) is 12.1. The normalized spacial score (nSPS) is 13.8. The number of aliphatic carboxylic acids is 1. The lowest BCUT2D eigenvalue weighted by atomic mass is 10.0. The lowest BCUT2D eigenvalue weighted by Gasteiger charge is -2.24. The molecule has 12 nitrogen and oxygen atoms in total. The van der Waals surface area contributed by atoms with Crippen LogP contribution in [0.15, 0.2) is 4.99 Å². The molecule has 0 fully saturated rings. The summed E-state index contributed by atoms with van der Waals surface area (Å²) < 4.78 is 0. The van der Waals surface area contributed by atoms with Crippen LogP contribution in [0.2, 0.25) is 0 Å². The highest BCUT2D eigenvalue weighted by Crippen LogP contribution is 2.04. The predicted molar refractivity (Wildman–Crippen MR) is 112 cm³/mol. The molecule has 0 aromatic rings. The van der Waals surface area contributed by atoms with E-state index in [9.17, 15) is 19.2 Å². The molecule has 0 heterocycles. The number of nitrogens with zero attached hydrogens (tertiary/aromatic N) is 1. The molecule has 0 rings (SSSR count). The van der Waals surface area contributed by atoms with E-state index in [2.05, 4.69) is 20.9 Å². The SMILES string of the molecule is CC(C)C(NC(=O)CNC(=O)C(NC(=O)C(N)CCCN=C(N)N)C(C)C)C(=O)O. The van der Waals surface area contributed by atoms with E-state index >= 15 is 0 Å². The maximum atomic E-state index is 12.4. The van der Waals surface area contributed by atoms with Crippen molar-refractivity contribution in [2.75, 3.05) is 13.1 Å². The third-order valence-corrected chi connectivity index (χ3v) is 4.22. The molecule has 0 spiro atoms. The summed E-state index contributed by atoms with van der Waals surface area (Å²) >= 11 is 0. The van der Waals surface area contributed by atoms with Gasteiger partial charge in [-0.15, -0.1) is 0 Å². The van der Waals surface area contributed by atoms with Gasteiger partial charge in [-0.05, 0) is 24.7 Å². The van der Waals surface area contributed by atoms with E-state index < -0.39 is 48.4 Å². The summed E-state index contributed by atoms with van der Waals surface area (Å²) in [7, 11) is 0.